The van der Waals surface area contributed by atoms with Crippen molar-refractivity contribution in [3.8, 4) is 11.1 Å². The van der Waals surface area contributed by atoms with Gasteiger partial charge in [-0.2, -0.15) is 0 Å². The zero-order valence-corrected chi connectivity index (χ0v) is 18.4. The molecule has 0 aliphatic heterocycles. The van der Waals surface area contributed by atoms with E-state index in [1.807, 2.05) is 36.4 Å². The Balaban J connectivity index is 0.00000160. The lowest BCUT2D eigenvalue weighted by molar-refractivity contribution is 1.19. The number of hydrogen-bond donors (Lipinski definition) is 2. The predicted octanol–water partition coefficient (Wildman–Crippen LogP) is 7.09. The van der Waals surface area contributed by atoms with Crippen molar-refractivity contribution in [3.63, 3.8) is 0 Å². The molecule has 0 amide bonds. The Morgan fingerprint density at radius 2 is 1.07 bits per heavy atom. The summed E-state index contributed by atoms with van der Waals surface area (Å²) >= 11 is 0. The van der Waals surface area contributed by atoms with Crippen LogP contribution in [0.5, 0.6) is 0 Å². The number of halogens is 2. The zero-order valence-electron chi connectivity index (χ0n) is 16.8. The standard InChI is InChI=1S/C24H22N4.2ClH/c1-17-15-21(16-18(2)22(17)19-9-5-3-6-10-19)28-24-23(25-13-14-26-24)27-20-11-7-4-8-12-20;;/h3-16H,1-2H3,(H,25,27)(H,26,28);2*1H. The van der Waals surface area contributed by atoms with Crippen LogP contribution < -0.4 is 10.6 Å². The molecule has 0 spiro atoms. The molecule has 0 bridgehead atoms. The largest absolute Gasteiger partial charge is 0.337 e. The van der Waals surface area contributed by atoms with Crippen molar-refractivity contribution in [2.75, 3.05) is 10.6 Å². The van der Waals surface area contributed by atoms with Gasteiger partial charge in [-0.3, -0.25) is 0 Å². The van der Waals surface area contributed by atoms with Crippen molar-refractivity contribution in [2.24, 2.45) is 0 Å². The SMILES string of the molecule is Cc1cc(Nc2nccnc2Nc2ccccc2)cc(C)c1-c1ccccc1.Cl.Cl. The van der Waals surface area contributed by atoms with Crippen LogP contribution in [-0.4, -0.2) is 9.97 Å². The van der Waals surface area contributed by atoms with E-state index in [1.54, 1.807) is 12.4 Å². The summed E-state index contributed by atoms with van der Waals surface area (Å²) in [6.45, 7) is 4.28. The minimum atomic E-state index is 0. The second-order valence-corrected chi connectivity index (χ2v) is 6.72. The summed E-state index contributed by atoms with van der Waals surface area (Å²) in [5.74, 6) is 1.38. The molecule has 1 aromatic heterocycles. The van der Waals surface area contributed by atoms with Crippen LogP contribution in [0.3, 0.4) is 0 Å². The number of anilines is 4. The maximum atomic E-state index is 4.47. The highest BCUT2D eigenvalue weighted by molar-refractivity contribution is 5.85. The van der Waals surface area contributed by atoms with E-state index in [1.165, 1.54) is 22.3 Å². The van der Waals surface area contributed by atoms with E-state index in [2.05, 4.69) is 70.8 Å². The first-order valence-electron chi connectivity index (χ1n) is 9.27. The smallest absolute Gasteiger partial charge is 0.173 e. The van der Waals surface area contributed by atoms with Gasteiger partial charge in [0.15, 0.2) is 11.6 Å². The quantitative estimate of drug-likeness (QED) is 0.349. The number of rotatable bonds is 5. The lowest BCUT2D eigenvalue weighted by Gasteiger charge is -2.15. The van der Waals surface area contributed by atoms with Crippen LogP contribution in [0.2, 0.25) is 0 Å². The third kappa shape index (κ3) is 5.29. The van der Waals surface area contributed by atoms with Gasteiger partial charge in [-0.25, -0.2) is 9.97 Å². The summed E-state index contributed by atoms with van der Waals surface area (Å²) in [4.78, 5) is 8.92. The number of nitrogens with one attached hydrogen (secondary N) is 2. The van der Waals surface area contributed by atoms with Gasteiger partial charge in [-0.1, -0.05) is 48.5 Å². The Morgan fingerprint density at radius 1 is 0.600 bits per heavy atom. The van der Waals surface area contributed by atoms with Crippen molar-refractivity contribution in [1.29, 1.82) is 0 Å². The van der Waals surface area contributed by atoms with Crippen LogP contribution in [0.4, 0.5) is 23.0 Å². The van der Waals surface area contributed by atoms with Crippen LogP contribution in [0.15, 0.2) is 85.2 Å². The van der Waals surface area contributed by atoms with Crippen LogP contribution in [-0.2, 0) is 0 Å². The predicted molar refractivity (Wildman–Crippen MR) is 131 cm³/mol. The Bertz CT molecular complexity index is 1060. The molecule has 1 heterocycles. The molecule has 154 valence electrons. The van der Waals surface area contributed by atoms with E-state index in [0.29, 0.717) is 11.6 Å². The number of aryl methyl sites for hydroxylation is 2. The minimum Gasteiger partial charge on any atom is -0.337 e. The summed E-state index contributed by atoms with van der Waals surface area (Å²) in [5.41, 5.74) is 6.90. The van der Waals surface area contributed by atoms with Gasteiger partial charge in [0.25, 0.3) is 0 Å². The molecule has 6 heteroatoms. The number of nitrogens with zero attached hydrogens (tertiary/aromatic N) is 2. The summed E-state index contributed by atoms with van der Waals surface area (Å²) in [6.07, 6.45) is 3.38. The second-order valence-electron chi connectivity index (χ2n) is 6.72. The van der Waals surface area contributed by atoms with Gasteiger partial charge in [0, 0.05) is 23.8 Å². The van der Waals surface area contributed by atoms with Crippen LogP contribution in [0.1, 0.15) is 11.1 Å². The number of hydrogen-bond acceptors (Lipinski definition) is 4. The van der Waals surface area contributed by atoms with E-state index in [4.69, 9.17) is 0 Å². The first-order valence-corrected chi connectivity index (χ1v) is 9.27. The lowest BCUT2D eigenvalue weighted by atomic mass is 9.95. The zero-order chi connectivity index (χ0) is 19.3. The summed E-state index contributed by atoms with van der Waals surface area (Å²) in [6, 6.07) is 24.7. The Labute approximate surface area is 189 Å². The first kappa shape index (κ1) is 23.2. The molecule has 0 atom stereocenters. The highest BCUT2D eigenvalue weighted by Gasteiger charge is 2.10. The van der Waals surface area contributed by atoms with Gasteiger partial charge >= 0.3 is 0 Å². The molecule has 0 radical (unpaired) electrons. The third-order valence-electron chi connectivity index (χ3n) is 4.59. The molecule has 0 aliphatic carbocycles. The maximum absolute atomic E-state index is 4.47. The Kier molecular flexibility index (Phi) is 8.22. The summed E-state index contributed by atoms with van der Waals surface area (Å²) in [7, 11) is 0. The fourth-order valence-corrected chi connectivity index (χ4v) is 3.41. The molecule has 2 N–H and O–H groups in total. The van der Waals surface area contributed by atoms with E-state index < -0.39 is 0 Å². The van der Waals surface area contributed by atoms with Crippen LogP contribution in [0.25, 0.3) is 11.1 Å². The molecule has 30 heavy (non-hydrogen) atoms. The van der Waals surface area contributed by atoms with E-state index >= 15 is 0 Å². The van der Waals surface area contributed by atoms with Gasteiger partial charge < -0.3 is 10.6 Å². The first-order chi connectivity index (χ1) is 13.7. The average molecular weight is 439 g/mol. The van der Waals surface area contributed by atoms with Gasteiger partial charge in [-0.15, -0.1) is 24.8 Å². The fraction of sp³-hybridized carbons (Fsp3) is 0.0833. The lowest BCUT2D eigenvalue weighted by Crippen LogP contribution is -2.02. The number of para-hydroxylation sites is 1. The Morgan fingerprint density at radius 3 is 1.60 bits per heavy atom. The molecular weight excluding hydrogens is 415 g/mol. The normalized spacial score (nSPS) is 9.80. The van der Waals surface area contributed by atoms with Crippen LogP contribution >= 0.6 is 24.8 Å². The van der Waals surface area contributed by atoms with Crippen molar-refractivity contribution >= 4 is 47.8 Å². The van der Waals surface area contributed by atoms with Gasteiger partial charge in [-0.05, 0) is 60.4 Å². The fourth-order valence-electron chi connectivity index (χ4n) is 3.41. The molecule has 4 rings (SSSR count). The maximum Gasteiger partial charge on any atom is 0.173 e. The highest BCUT2D eigenvalue weighted by Crippen LogP contribution is 2.32. The molecule has 4 aromatic rings. The van der Waals surface area contributed by atoms with Gasteiger partial charge in [0.1, 0.15) is 0 Å². The topological polar surface area (TPSA) is 49.8 Å². The molecule has 3 aromatic carbocycles. The average Bonchev–Trinajstić information content (AvgIpc) is 2.71. The molecule has 0 fully saturated rings. The summed E-state index contributed by atoms with van der Waals surface area (Å²) < 4.78 is 0. The van der Waals surface area contributed by atoms with E-state index in [-0.39, 0.29) is 24.8 Å². The number of aromatic nitrogens is 2. The van der Waals surface area contributed by atoms with Crippen LogP contribution in [0, 0.1) is 13.8 Å². The molecular formula is C24H24Cl2N4. The molecule has 0 saturated carbocycles. The highest BCUT2D eigenvalue weighted by atomic mass is 35.5. The summed E-state index contributed by atoms with van der Waals surface area (Å²) in [5, 5.41) is 6.74. The molecule has 0 saturated heterocycles. The van der Waals surface area contributed by atoms with Crippen molar-refractivity contribution in [2.45, 2.75) is 13.8 Å². The van der Waals surface area contributed by atoms with Gasteiger partial charge in [0.2, 0.25) is 0 Å². The van der Waals surface area contributed by atoms with Crippen molar-refractivity contribution in [3.05, 3.63) is 96.3 Å². The number of benzene rings is 3. The van der Waals surface area contributed by atoms with E-state index in [9.17, 15) is 0 Å². The molecule has 4 nitrogen and oxygen atoms in total. The third-order valence-corrected chi connectivity index (χ3v) is 4.59. The molecule has 0 aliphatic rings. The minimum absolute atomic E-state index is 0. The Hall–Kier alpha value is -3.08. The van der Waals surface area contributed by atoms with Gasteiger partial charge in [0.05, 0.1) is 0 Å². The van der Waals surface area contributed by atoms with Crippen molar-refractivity contribution < 1.29 is 0 Å². The monoisotopic (exact) mass is 438 g/mol. The van der Waals surface area contributed by atoms with E-state index in [0.717, 1.165) is 11.4 Å². The second kappa shape index (κ2) is 10.6. The van der Waals surface area contributed by atoms with Crippen molar-refractivity contribution in [1.82, 2.24) is 9.97 Å². The molecule has 0 unspecified atom stereocenters.